The molecular weight excluding hydrogens is 305 g/mol. The summed E-state index contributed by atoms with van der Waals surface area (Å²) in [5, 5.41) is 0.542. The number of nitrogen functional groups attached to an aromatic ring is 1. The molecule has 0 radical (unpaired) electrons. The summed E-state index contributed by atoms with van der Waals surface area (Å²) in [5.41, 5.74) is 0.228. The fraction of sp³-hybridized carbons (Fsp3) is 0. The van der Waals surface area contributed by atoms with Crippen LogP contribution in [0.4, 0.5) is 0 Å². The zero-order valence-electron chi connectivity index (χ0n) is 7.90. The van der Waals surface area contributed by atoms with Crippen LogP contribution in [0.1, 0.15) is 0 Å². The molecule has 0 aliphatic heterocycles. The Balaban J connectivity index is 0.00000112. The molecule has 0 amide bonds. The Morgan fingerprint density at radius 1 is 1.47 bits per heavy atom. The Kier molecular flexibility index (Phi) is 4.72. The van der Waals surface area contributed by atoms with Gasteiger partial charge in [-0.2, -0.15) is 0 Å². The maximum absolute atomic E-state index is 11.6. The molecule has 1 heterocycles. The van der Waals surface area contributed by atoms with Gasteiger partial charge in [0.25, 0.3) is 5.56 Å². The van der Waals surface area contributed by atoms with Gasteiger partial charge in [0.2, 0.25) is 0 Å². The number of rotatable bonds is 0. The van der Waals surface area contributed by atoms with Crippen LogP contribution in [0.5, 0.6) is 0 Å². The van der Waals surface area contributed by atoms with Crippen molar-refractivity contribution in [3.8, 4) is 0 Å². The number of benzene rings is 1. The molecular formula is C8H5BrKN3OS. The summed E-state index contributed by atoms with van der Waals surface area (Å²) < 4.78 is 1.67. The van der Waals surface area contributed by atoms with Crippen LogP contribution < -0.4 is 62.8 Å². The standard InChI is InChI=1S/C8H6BrN3OS.K/c9-4-1-2-6-5(3-4)7(13)12(10)8(14)11-6;/h1-3H,10H2,(H,11,14);/q;+1/p-1. The van der Waals surface area contributed by atoms with Crippen molar-refractivity contribution in [2.24, 2.45) is 0 Å². The van der Waals surface area contributed by atoms with E-state index in [0.29, 0.717) is 10.9 Å². The first-order valence-corrected chi connectivity index (χ1v) is 4.94. The van der Waals surface area contributed by atoms with Crippen LogP contribution in [0.15, 0.2) is 32.6 Å². The van der Waals surface area contributed by atoms with Crippen LogP contribution in [0.3, 0.4) is 0 Å². The average Bonchev–Trinajstić information content (AvgIpc) is 2.16. The van der Waals surface area contributed by atoms with Crippen LogP contribution >= 0.6 is 15.9 Å². The van der Waals surface area contributed by atoms with Crippen molar-refractivity contribution in [2.45, 2.75) is 5.16 Å². The minimum atomic E-state index is -0.332. The molecule has 0 unspecified atom stereocenters. The molecule has 0 saturated heterocycles. The molecule has 1 aromatic heterocycles. The van der Waals surface area contributed by atoms with E-state index >= 15 is 0 Å². The average molecular weight is 310 g/mol. The smallest absolute Gasteiger partial charge is 0.740 e. The first kappa shape index (κ1) is 13.6. The van der Waals surface area contributed by atoms with Crippen molar-refractivity contribution < 1.29 is 51.4 Å². The second-order valence-corrected chi connectivity index (χ2v) is 4.01. The molecule has 15 heavy (non-hydrogen) atoms. The number of halogens is 1. The maximum atomic E-state index is 11.6. The van der Waals surface area contributed by atoms with Gasteiger partial charge in [0.1, 0.15) is 0 Å². The number of nitrogens with zero attached hydrogens (tertiary/aromatic N) is 2. The second-order valence-electron chi connectivity index (χ2n) is 2.73. The summed E-state index contributed by atoms with van der Waals surface area (Å²) in [6, 6.07) is 5.18. The first-order valence-electron chi connectivity index (χ1n) is 3.74. The molecule has 0 saturated carbocycles. The van der Waals surface area contributed by atoms with Gasteiger partial charge >= 0.3 is 51.4 Å². The molecule has 0 fully saturated rings. The van der Waals surface area contributed by atoms with Gasteiger partial charge < -0.3 is 18.5 Å². The van der Waals surface area contributed by atoms with Crippen molar-refractivity contribution in [2.75, 3.05) is 5.84 Å². The molecule has 0 bridgehead atoms. The predicted molar refractivity (Wildman–Crippen MR) is 59.5 cm³/mol. The van der Waals surface area contributed by atoms with E-state index in [1.807, 2.05) is 0 Å². The molecule has 72 valence electrons. The molecule has 0 spiro atoms. The molecule has 7 heteroatoms. The molecule has 0 aliphatic rings. The maximum Gasteiger partial charge on any atom is 1.00 e. The van der Waals surface area contributed by atoms with E-state index in [0.717, 1.165) is 9.15 Å². The van der Waals surface area contributed by atoms with Gasteiger partial charge in [-0.25, -0.2) is 4.68 Å². The van der Waals surface area contributed by atoms with E-state index in [9.17, 15) is 4.79 Å². The zero-order valence-corrected chi connectivity index (χ0v) is 13.4. The first-order chi connectivity index (χ1) is 6.59. The minimum Gasteiger partial charge on any atom is -0.740 e. The quantitative estimate of drug-likeness (QED) is 0.259. The number of fused-ring (bicyclic) bond motifs is 1. The summed E-state index contributed by atoms with van der Waals surface area (Å²) in [4.78, 5) is 15.6. The van der Waals surface area contributed by atoms with Crippen molar-refractivity contribution in [3.63, 3.8) is 0 Å². The van der Waals surface area contributed by atoms with Gasteiger partial charge in [0.05, 0.1) is 10.9 Å². The van der Waals surface area contributed by atoms with Gasteiger partial charge in [0, 0.05) is 9.63 Å². The van der Waals surface area contributed by atoms with Crippen LogP contribution in [0.2, 0.25) is 0 Å². The van der Waals surface area contributed by atoms with Crippen molar-refractivity contribution in [3.05, 3.63) is 33.0 Å². The van der Waals surface area contributed by atoms with Gasteiger partial charge in [0.15, 0.2) is 0 Å². The topological polar surface area (TPSA) is 60.9 Å². The Hall–Kier alpha value is 0.496. The van der Waals surface area contributed by atoms with Crippen LogP contribution in [0, 0.1) is 0 Å². The summed E-state index contributed by atoms with van der Waals surface area (Å²) >= 11 is 8.08. The Morgan fingerprint density at radius 2 is 2.13 bits per heavy atom. The molecule has 2 rings (SSSR count). The third-order valence-corrected chi connectivity index (χ3v) is 2.61. The molecule has 2 N–H and O–H groups in total. The minimum absolute atomic E-state index is 0. The number of aromatic nitrogens is 2. The van der Waals surface area contributed by atoms with Crippen molar-refractivity contribution in [1.82, 2.24) is 9.66 Å². The van der Waals surface area contributed by atoms with E-state index < -0.39 is 0 Å². The number of hydrogen-bond acceptors (Lipinski definition) is 4. The van der Waals surface area contributed by atoms with E-state index in [1.165, 1.54) is 0 Å². The summed E-state index contributed by atoms with van der Waals surface area (Å²) in [6.07, 6.45) is 0. The molecule has 1 aromatic carbocycles. The molecule has 4 nitrogen and oxygen atoms in total. The zero-order chi connectivity index (χ0) is 10.3. The largest absolute Gasteiger partial charge is 1.00 e. The Bertz CT molecular complexity index is 572. The fourth-order valence-electron chi connectivity index (χ4n) is 1.15. The van der Waals surface area contributed by atoms with Crippen LogP contribution in [0.25, 0.3) is 10.9 Å². The van der Waals surface area contributed by atoms with E-state index in [4.69, 9.17) is 18.5 Å². The van der Waals surface area contributed by atoms with E-state index in [2.05, 4.69) is 20.9 Å². The summed E-state index contributed by atoms with van der Waals surface area (Å²) in [6.45, 7) is 0. The predicted octanol–water partition coefficient (Wildman–Crippen LogP) is -2.22. The Morgan fingerprint density at radius 3 is 2.80 bits per heavy atom. The third-order valence-electron chi connectivity index (χ3n) is 1.83. The van der Waals surface area contributed by atoms with E-state index in [-0.39, 0.29) is 62.1 Å². The van der Waals surface area contributed by atoms with Gasteiger partial charge in [-0.1, -0.05) is 15.9 Å². The van der Waals surface area contributed by atoms with Crippen molar-refractivity contribution in [1.29, 1.82) is 0 Å². The molecule has 0 atom stereocenters. The normalized spacial score (nSPS) is 9.93. The van der Waals surface area contributed by atoms with Crippen LogP contribution in [-0.4, -0.2) is 9.66 Å². The fourth-order valence-corrected chi connectivity index (χ4v) is 1.69. The van der Waals surface area contributed by atoms with Crippen molar-refractivity contribution >= 4 is 39.5 Å². The Labute approximate surface area is 142 Å². The second kappa shape index (κ2) is 5.22. The van der Waals surface area contributed by atoms with Crippen LogP contribution in [-0.2, 0) is 12.6 Å². The van der Waals surface area contributed by atoms with E-state index in [1.54, 1.807) is 18.2 Å². The summed E-state index contributed by atoms with van der Waals surface area (Å²) in [5.74, 6) is 5.42. The molecule has 0 aliphatic carbocycles. The van der Waals surface area contributed by atoms with Gasteiger partial charge in [-0.3, -0.25) is 9.78 Å². The monoisotopic (exact) mass is 309 g/mol. The molecule has 2 aromatic rings. The SMILES string of the molecule is Nn1c([S-])nc2ccc(Br)cc2c1=O.[K+]. The summed E-state index contributed by atoms with van der Waals surface area (Å²) in [7, 11) is 0. The number of nitrogens with two attached hydrogens (primary N) is 1. The van der Waals surface area contributed by atoms with Gasteiger partial charge in [-0.15, -0.1) is 0 Å². The van der Waals surface area contributed by atoms with Gasteiger partial charge in [-0.05, 0) is 18.2 Å². The number of hydrogen-bond donors (Lipinski definition) is 1. The third kappa shape index (κ3) is 2.60.